The Hall–Kier alpha value is -3.09. The summed E-state index contributed by atoms with van der Waals surface area (Å²) in [6.45, 7) is 1.99. The van der Waals surface area contributed by atoms with Crippen molar-refractivity contribution < 1.29 is 4.79 Å². The molecule has 5 nitrogen and oxygen atoms in total. The number of aromatic nitrogens is 2. The van der Waals surface area contributed by atoms with Gasteiger partial charge in [-0.3, -0.25) is 14.2 Å². The van der Waals surface area contributed by atoms with Crippen molar-refractivity contribution in [2.45, 2.75) is 18.1 Å². The van der Waals surface area contributed by atoms with E-state index in [-0.39, 0.29) is 23.3 Å². The van der Waals surface area contributed by atoms with Crippen molar-refractivity contribution in [1.29, 1.82) is 0 Å². The minimum absolute atomic E-state index is 0.0496. The average molecular weight is 464 g/mol. The molecule has 1 unspecified atom stereocenters. The van der Waals surface area contributed by atoms with E-state index in [1.165, 1.54) is 16.3 Å². The van der Waals surface area contributed by atoms with Crippen molar-refractivity contribution in [3.05, 3.63) is 99.8 Å². The molecular formula is C25H22ClN3O2S. The van der Waals surface area contributed by atoms with E-state index in [1.807, 2.05) is 49.4 Å². The van der Waals surface area contributed by atoms with Crippen LogP contribution < -0.4 is 5.56 Å². The molecule has 4 aromatic rings. The molecule has 1 atom stereocenters. The monoisotopic (exact) mass is 463 g/mol. The third kappa shape index (κ3) is 4.56. The fourth-order valence-electron chi connectivity index (χ4n) is 3.45. The van der Waals surface area contributed by atoms with Gasteiger partial charge in [-0.1, -0.05) is 71.9 Å². The number of nitrogens with zero attached hydrogens (tertiary/aromatic N) is 3. The van der Waals surface area contributed by atoms with Gasteiger partial charge in [0.15, 0.2) is 5.16 Å². The van der Waals surface area contributed by atoms with Crippen molar-refractivity contribution in [3.8, 4) is 5.69 Å². The fourth-order valence-corrected chi connectivity index (χ4v) is 4.57. The molecule has 0 saturated carbocycles. The van der Waals surface area contributed by atoms with Crippen molar-refractivity contribution in [2.24, 2.45) is 0 Å². The SMILES string of the molecule is CC(c1ccccc1)N(C)C(=O)CSc1nc2ccccc2c(=O)n1-c1cccc(Cl)c1. The minimum Gasteiger partial charge on any atom is -0.338 e. The van der Waals surface area contributed by atoms with Crippen LogP contribution in [0.25, 0.3) is 16.6 Å². The van der Waals surface area contributed by atoms with Crippen LogP contribution >= 0.6 is 23.4 Å². The molecule has 0 radical (unpaired) electrons. The molecule has 32 heavy (non-hydrogen) atoms. The van der Waals surface area contributed by atoms with Crippen molar-refractivity contribution in [3.63, 3.8) is 0 Å². The van der Waals surface area contributed by atoms with Crippen LogP contribution in [-0.2, 0) is 4.79 Å². The maximum absolute atomic E-state index is 13.3. The number of hydrogen-bond donors (Lipinski definition) is 0. The summed E-state index contributed by atoms with van der Waals surface area (Å²) in [5.41, 5.74) is 2.07. The normalized spacial score (nSPS) is 12.0. The van der Waals surface area contributed by atoms with E-state index in [0.717, 1.165) is 5.56 Å². The Bertz CT molecular complexity index is 1320. The second-order valence-corrected chi connectivity index (χ2v) is 8.79. The van der Waals surface area contributed by atoms with Gasteiger partial charge in [-0.15, -0.1) is 0 Å². The first kappa shape index (κ1) is 22.1. The van der Waals surface area contributed by atoms with Gasteiger partial charge in [0.05, 0.1) is 28.4 Å². The summed E-state index contributed by atoms with van der Waals surface area (Å²) in [6.07, 6.45) is 0. The summed E-state index contributed by atoms with van der Waals surface area (Å²) in [5.74, 6) is 0.102. The number of carbonyl (C=O) groups is 1. The van der Waals surface area contributed by atoms with Crippen molar-refractivity contribution >= 4 is 40.2 Å². The Morgan fingerprint density at radius 1 is 1.06 bits per heavy atom. The molecule has 0 N–H and O–H groups in total. The molecule has 0 aliphatic heterocycles. The third-order valence-electron chi connectivity index (χ3n) is 5.39. The molecule has 4 rings (SSSR count). The lowest BCUT2D eigenvalue weighted by atomic mass is 10.1. The summed E-state index contributed by atoms with van der Waals surface area (Å²) in [7, 11) is 1.79. The lowest BCUT2D eigenvalue weighted by Crippen LogP contribution is -2.31. The van der Waals surface area contributed by atoms with Gasteiger partial charge in [-0.25, -0.2) is 4.98 Å². The van der Waals surface area contributed by atoms with Gasteiger partial charge in [0.25, 0.3) is 5.56 Å². The maximum Gasteiger partial charge on any atom is 0.266 e. The molecule has 1 aromatic heterocycles. The molecule has 7 heteroatoms. The molecule has 0 fully saturated rings. The molecule has 0 bridgehead atoms. The van der Waals surface area contributed by atoms with Crippen LogP contribution in [0.3, 0.4) is 0 Å². The second-order valence-electron chi connectivity index (χ2n) is 7.41. The van der Waals surface area contributed by atoms with Gasteiger partial charge < -0.3 is 4.90 Å². The van der Waals surface area contributed by atoms with Crippen LogP contribution in [0.2, 0.25) is 5.02 Å². The first-order chi connectivity index (χ1) is 15.5. The van der Waals surface area contributed by atoms with Crippen molar-refractivity contribution in [2.75, 3.05) is 12.8 Å². The van der Waals surface area contributed by atoms with E-state index in [1.54, 1.807) is 48.3 Å². The van der Waals surface area contributed by atoms with Gasteiger partial charge in [0, 0.05) is 12.1 Å². The molecule has 1 amide bonds. The van der Waals surface area contributed by atoms with Gasteiger partial charge in [0.1, 0.15) is 0 Å². The molecule has 0 aliphatic carbocycles. The van der Waals surface area contributed by atoms with E-state index in [2.05, 4.69) is 4.98 Å². The van der Waals surface area contributed by atoms with Gasteiger partial charge in [0.2, 0.25) is 5.91 Å². The quantitative estimate of drug-likeness (QED) is 0.285. The second kappa shape index (κ2) is 9.59. The molecular weight excluding hydrogens is 442 g/mol. The summed E-state index contributed by atoms with van der Waals surface area (Å²) in [6, 6.07) is 24.1. The number of benzene rings is 3. The molecule has 0 spiro atoms. The Balaban J connectivity index is 1.66. The fraction of sp³-hybridized carbons (Fsp3) is 0.160. The predicted molar refractivity (Wildman–Crippen MR) is 131 cm³/mol. The highest BCUT2D eigenvalue weighted by Gasteiger charge is 2.20. The first-order valence-corrected chi connectivity index (χ1v) is 11.5. The van der Waals surface area contributed by atoms with Crippen LogP contribution in [0.5, 0.6) is 0 Å². The smallest absolute Gasteiger partial charge is 0.266 e. The molecule has 0 saturated heterocycles. The largest absolute Gasteiger partial charge is 0.338 e. The minimum atomic E-state index is -0.196. The Morgan fingerprint density at radius 3 is 2.53 bits per heavy atom. The standard InChI is InChI=1S/C25H22ClN3O2S/c1-17(18-9-4-3-5-10-18)28(2)23(30)16-32-25-27-22-14-7-6-13-21(22)24(31)29(25)20-12-8-11-19(26)15-20/h3-15,17H,16H2,1-2H3. The highest BCUT2D eigenvalue weighted by Crippen LogP contribution is 2.25. The molecule has 162 valence electrons. The average Bonchev–Trinajstić information content (AvgIpc) is 2.82. The van der Waals surface area contributed by atoms with E-state index < -0.39 is 0 Å². The van der Waals surface area contributed by atoms with Crippen molar-refractivity contribution in [1.82, 2.24) is 14.5 Å². The van der Waals surface area contributed by atoms with Crippen LogP contribution in [0.4, 0.5) is 0 Å². The maximum atomic E-state index is 13.3. The van der Waals surface area contributed by atoms with Gasteiger partial charge in [-0.05, 0) is 42.8 Å². The van der Waals surface area contributed by atoms with Crippen LogP contribution in [-0.4, -0.2) is 33.2 Å². The summed E-state index contributed by atoms with van der Waals surface area (Å²) >= 11 is 7.42. The summed E-state index contributed by atoms with van der Waals surface area (Å²) < 4.78 is 1.52. The van der Waals surface area contributed by atoms with E-state index >= 15 is 0 Å². The lowest BCUT2D eigenvalue weighted by molar-refractivity contribution is -0.128. The zero-order valence-electron chi connectivity index (χ0n) is 17.7. The van der Waals surface area contributed by atoms with Crippen LogP contribution in [0.1, 0.15) is 18.5 Å². The summed E-state index contributed by atoms with van der Waals surface area (Å²) in [5, 5.41) is 1.48. The number of carbonyl (C=O) groups excluding carboxylic acids is 1. The Labute approximate surface area is 195 Å². The number of fused-ring (bicyclic) bond motifs is 1. The van der Waals surface area contributed by atoms with Gasteiger partial charge >= 0.3 is 0 Å². The molecule has 1 heterocycles. The van der Waals surface area contributed by atoms with E-state index in [9.17, 15) is 9.59 Å². The zero-order chi connectivity index (χ0) is 22.7. The lowest BCUT2D eigenvalue weighted by Gasteiger charge is -2.25. The number of thioether (sulfide) groups is 1. The van der Waals surface area contributed by atoms with Crippen LogP contribution in [0, 0.1) is 0 Å². The summed E-state index contributed by atoms with van der Waals surface area (Å²) in [4.78, 5) is 32.7. The van der Waals surface area contributed by atoms with Gasteiger partial charge in [-0.2, -0.15) is 0 Å². The third-order valence-corrected chi connectivity index (χ3v) is 6.55. The Morgan fingerprint density at radius 2 is 1.78 bits per heavy atom. The highest BCUT2D eigenvalue weighted by molar-refractivity contribution is 7.99. The predicted octanol–water partition coefficient (Wildman–Crippen LogP) is 5.35. The van der Waals surface area contributed by atoms with Crippen LogP contribution in [0.15, 0.2) is 88.8 Å². The number of halogens is 1. The van der Waals surface area contributed by atoms with E-state index in [0.29, 0.717) is 26.8 Å². The van der Waals surface area contributed by atoms with E-state index in [4.69, 9.17) is 11.6 Å². The zero-order valence-corrected chi connectivity index (χ0v) is 19.3. The highest BCUT2D eigenvalue weighted by atomic mass is 35.5. The first-order valence-electron chi connectivity index (χ1n) is 10.2. The molecule has 3 aromatic carbocycles. The number of amides is 1. The number of hydrogen-bond acceptors (Lipinski definition) is 4. The number of para-hydroxylation sites is 1. The topological polar surface area (TPSA) is 55.2 Å². The molecule has 0 aliphatic rings. The number of rotatable bonds is 6. The Kier molecular flexibility index (Phi) is 6.63.